The molecule has 0 unspecified atom stereocenters. The number of hydrogen-bond donors (Lipinski definition) is 2. The van der Waals surface area contributed by atoms with Gasteiger partial charge in [-0.3, -0.25) is 0 Å². The number of hydrogen-bond acceptors (Lipinski definition) is 3. The predicted octanol–water partition coefficient (Wildman–Crippen LogP) is 5.17. The minimum Gasteiger partial charge on any atom is -0.323 e. The van der Waals surface area contributed by atoms with Gasteiger partial charge in [0.25, 0.3) is 0 Å². The summed E-state index contributed by atoms with van der Waals surface area (Å²) in [6.07, 6.45) is 1.75. The minimum absolute atomic E-state index is 0.615. The molecular formula is C22H15BrN4. The van der Waals surface area contributed by atoms with Crippen LogP contribution < -0.4 is 5.43 Å². The van der Waals surface area contributed by atoms with Crippen molar-refractivity contribution in [2.75, 3.05) is 5.43 Å². The second-order valence-corrected chi connectivity index (χ2v) is 6.77. The van der Waals surface area contributed by atoms with E-state index in [1.54, 1.807) is 6.21 Å². The molecule has 1 heterocycles. The molecule has 0 aliphatic carbocycles. The Kier molecular flexibility index (Phi) is 4.99. The summed E-state index contributed by atoms with van der Waals surface area (Å²) in [5.41, 5.74) is 7.71. The zero-order chi connectivity index (χ0) is 18.5. The molecule has 0 amide bonds. The van der Waals surface area contributed by atoms with Crippen LogP contribution in [0.5, 0.6) is 0 Å². The van der Waals surface area contributed by atoms with Gasteiger partial charge in [-0.25, -0.2) is 10.4 Å². The average molecular weight is 415 g/mol. The van der Waals surface area contributed by atoms with Gasteiger partial charge in [0.2, 0.25) is 5.95 Å². The minimum atomic E-state index is 0.615. The Morgan fingerprint density at radius 1 is 0.926 bits per heavy atom. The van der Waals surface area contributed by atoms with Crippen molar-refractivity contribution in [2.24, 2.45) is 5.10 Å². The van der Waals surface area contributed by atoms with E-state index in [1.165, 1.54) is 0 Å². The number of H-pyrrole nitrogens is 1. The summed E-state index contributed by atoms with van der Waals surface area (Å²) in [6.45, 7) is 0. The fourth-order valence-electron chi connectivity index (χ4n) is 2.54. The van der Waals surface area contributed by atoms with Crippen LogP contribution in [-0.2, 0) is 0 Å². The SMILES string of the molecule is Brc1cccc(C#Cc2ccc(/C=N/Nc3nc4ccccc4[nH]3)cc2)c1. The number of para-hydroxylation sites is 2. The maximum absolute atomic E-state index is 4.42. The molecule has 0 saturated carbocycles. The van der Waals surface area contributed by atoms with Crippen LogP contribution in [0.1, 0.15) is 16.7 Å². The largest absolute Gasteiger partial charge is 0.323 e. The lowest BCUT2D eigenvalue weighted by molar-refractivity contribution is 1.21. The fraction of sp³-hybridized carbons (Fsp3) is 0. The van der Waals surface area contributed by atoms with Crippen LogP contribution in [-0.4, -0.2) is 16.2 Å². The molecule has 5 heteroatoms. The van der Waals surface area contributed by atoms with Gasteiger partial charge in [0.05, 0.1) is 17.2 Å². The molecule has 0 aliphatic rings. The van der Waals surface area contributed by atoms with Crippen molar-refractivity contribution in [3.63, 3.8) is 0 Å². The summed E-state index contributed by atoms with van der Waals surface area (Å²) in [4.78, 5) is 7.58. The van der Waals surface area contributed by atoms with Gasteiger partial charge in [0.15, 0.2) is 0 Å². The van der Waals surface area contributed by atoms with E-state index in [0.717, 1.165) is 32.2 Å². The number of halogens is 1. The molecular weight excluding hydrogens is 400 g/mol. The van der Waals surface area contributed by atoms with E-state index in [2.05, 4.69) is 48.3 Å². The summed E-state index contributed by atoms with van der Waals surface area (Å²) < 4.78 is 1.03. The molecule has 0 saturated heterocycles. The smallest absolute Gasteiger partial charge is 0.222 e. The molecule has 0 radical (unpaired) electrons. The number of aromatic amines is 1. The Balaban J connectivity index is 1.41. The summed E-state index contributed by atoms with van der Waals surface area (Å²) in [7, 11) is 0. The van der Waals surface area contributed by atoms with E-state index in [4.69, 9.17) is 0 Å². The first-order valence-corrected chi connectivity index (χ1v) is 9.17. The van der Waals surface area contributed by atoms with Gasteiger partial charge in [-0.2, -0.15) is 5.10 Å². The van der Waals surface area contributed by atoms with E-state index in [1.807, 2.05) is 72.8 Å². The van der Waals surface area contributed by atoms with Gasteiger partial charge < -0.3 is 4.98 Å². The van der Waals surface area contributed by atoms with Crippen molar-refractivity contribution in [1.29, 1.82) is 0 Å². The molecule has 0 bridgehead atoms. The number of rotatable bonds is 3. The Hall–Kier alpha value is -3.36. The van der Waals surface area contributed by atoms with E-state index in [0.29, 0.717) is 5.95 Å². The Morgan fingerprint density at radius 2 is 1.74 bits per heavy atom. The molecule has 2 N–H and O–H groups in total. The maximum Gasteiger partial charge on any atom is 0.222 e. The summed E-state index contributed by atoms with van der Waals surface area (Å²) >= 11 is 3.45. The first-order valence-electron chi connectivity index (χ1n) is 8.38. The molecule has 0 spiro atoms. The standard InChI is InChI=1S/C22H15BrN4/c23-19-5-3-4-17(14-19)11-8-16-9-12-18(13-10-16)15-24-27-22-25-20-6-1-2-7-21(20)26-22/h1-7,9-10,12-15H,(H2,25,26,27)/b24-15+. The Morgan fingerprint density at radius 3 is 2.56 bits per heavy atom. The zero-order valence-corrected chi connectivity index (χ0v) is 15.9. The van der Waals surface area contributed by atoms with Crippen LogP contribution in [0.2, 0.25) is 0 Å². The lowest BCUT2D eigenvalue weighted by atomic mass is 10.1. The van der Waals surface area contributed by atoms with Gasteiger partial charge in [0.1, 0.15) is 0 Å². The summed E-state index contributed by atoms with van der Waals surface area (Å²) in [5, 5.41) is 4.23. The van der Waals surface area contributed by atoms with Crippen molar-refractivity contribution < 1.29 is 0 Å². The van der Waals surface area contributed by atoms with Crippen LogP contribution in [0.15, 0.2) is 82.4 Å². The van der Waals surface area contributed by atoms with E-state index in [-0.39, 0.29) is 0 Å². The molecule has 4 nitrogen and oxygen atoms in total. The second kappa shape index (κ2) is 7.90. The molecule has 4 rings (SSSR count). The third-order valence-electron chi connectivity index (χ3n) is 3.86. The molecule has 0 fully saturated rings. The van der Waals surface area contributed by atoms with Gasteiger partial charge in [-0.1, -0.05) is 58.1 Å². The van der Waals surface area contributed by atoms with Crippen LogP contribution in [0.4, 0.5) is 5.95 Å². The van der Waals surface area contributed by atoms with E-state index >= 15 is 0 Å². The Labute approximate surface area is 165 Å². The normalized spacial score (nSPS) is 10.7. The fourth-order valence-corrected chi connectivity index (χ4v) is 2.94. The van der Waals surface area contributed by atoms with E-state index < -0.39 is 0 Å². The van der Waals surface area contributed by atoms with Gasteiger partial charge in [-0.15, -0.1) is 0 Å². The highest BCUT2D eigenvalue weighted by Crippen LogP contribution is 2.13. The zero-order valence-electron chi connectivity index (χ0n) is 14.3. The number of nitrogens with one attached hydrogen (secondary N) is 2. The third-order valence-corrected chi connectivity index (χ3v) is 4.35. The van der Waals surface area contributed by atoms with Crippen molar-refractivity contribution in [1.82, 2.24) is 9.97 Å². The number of aromatic nitrogens is 2. The molecule has 4 aromatic rings. The number of imidazole rings is 1. The third kappa shape index (κ3) is 4.43. The number of benzene rings is 3. The number of fused-ring (bicyclic) bond motifs is 1. The first kappa shape index (κ1) is 17.1. The molecule has 1 aromatic heterocycles. The lowest BCUT2D eigenvalue weighted by Gasteiger charge is -1.96. The van der Waals surface area contributed by atoms with Crippen molar-refractivity contribution in [2.45, 2.75) is 0 Å². The van der Waals surface area contributed by atoms with Gasteiger partial charge in [0, 0.05) is 15.6 Å². The molecule has 3 aromatic carbocycles. The highest BCUT2D eigenvalue weighted by molar-refractivity contribution is 9.10. The highest BCUT2D eigenvalue weighted by Gasteiger charge is 1.99. The van der Waals surface area contributed by atoms with Crippen LogP contribution in [0.3, 0.4) is 0 Å². The van der Waals surface area contributed by atoms with Crippen LogP contribution >= 0.6 is 15.9 Å². The topological polar surface area (TPSA) is 53.1 Å². The Bertz CT molecular complexity index is 1130. The molecule has 0 aliphatic heterocycles. The van der Waals surface area contributed by atoms with Crippen molar-refractivity contribution in [3.05, 3.63) is 94.0 Å². The van der Waals surface area contributed by atoms with Gasteiger partial charge in [-0.05, 0) is 48.0 Å². The lowest BCUT2D eigenvalue weighted by Crippen LogP contribution is -1.92. The number of hydrazone groups is 1. The quantitative estimate of drug-likeness (QED) is 0.276. The molecule has 0 atom stereocenters. The maximum atomic E-state index is 4.42. The second-order valence-electron chi connectivity index (χ2n) is 5.85. The van der Waals surface area contributed by atoms with Crippen LogP contribution in [0, 0.1) is 11.8 Å². The highest BCUT2D eigenvalue weighted by atomic mass is 79.9. The number of nitrogens with zero attached hydrogens (tertiary/aromatic N) is 2. The van der Waals surface area contributed by atoms with Crippen molar-refractivity contribution >= 4 is 39.1 Å². The molecule has 130 valence electrons. The number of anilines is 1. The van der Waals surface area contributed by atoms with E-state index in [9.17, 15) is 0 Å². The summed E-state index contributed by atoms with van der Waals surface area (Å²) in [5.74, 6) is 6.94. The van der Waals surface area contributed by atoms with Crippen molar-refractivity contribution in [3.8, 4) is 11.8 Å². The monoisotopic (exact) mass is 414 g/mol. The molecule has 27 heavy (non-hydrogen) atoms. The average Bonchev–Trinajstić information content (AvgIpc) is 3.10. The first-order chi connectivity index (χ1) is 13.3. The predicted molar refractivity (Wildman–Crippen MR) is 114 cm³/mol. The van der Waals surface area contributed by atoms with Crippen LogP contribution in [0.25, 0.3) is 11.0 Å². The summed E-state index contributed by atoms with van der Waals surface area (Å²) in [6, 6.07) is 23.7. The van der Waals surface area contributed by atoms with Gasteiger partial charge >= 0.3 is 0 Å².